The van der Waals surface area contributed by atoms with E-state index in [4.69, 9.17) is 0 Å². The van der Waals surface area contributed by atoms with E-state index in [9.17, 15) is 9.59 Å². The number of nitrogens with one attached hydrogen (secondary N) is 1. The van der Waals surface area contributed by atoms with Crippen LogP contribution in [-0.4, -0.2) is 51.9 Å². The highest BCUT2D eigenvalue weighted by Crippen LogP contribution is 2.30. The van der Waals surface area contributed by atoms with Crippen LogP contribution in [0, 0.1) is 0 Å². The molecule has 120 valence electrons. The normalized spacial score (nSPS) is 22.6. The van der Waals surface area contributed by atoms with Crippen molar-refractivity contribution in [2.24, 2.45) is 0 Å². The van der Waals surface area contributed by atoms with Gasteiger partial charge in [0, 0.05) is 24.5 Å². The average molecular weight is 304 g/mol. The maximum Gasteiger partial charge on any atom is 0.345 e. The molecule has 0 spiro atoms. The number of H-pyrrole nitrogens is 1. The molecule has 1 amide bonds. The zero-order valence-electron chi connectivity index (χ0n) is 13.1. The molecule has 1 aromatic rings. The Labute approximate surface area is 130 Å². The second-order valence-corrected chi connectivity index (χ2v) is 6.43. The van der Waals surface area contributed by atoms with Crippen LogP contribution in [0.2, 0.25) is 0 Å². The van der Waals surface area contributed by atoms with Gasteiger partial charge in [-0.25, -0.2) is 9.78 Å². The molecule has 0 radical (unpaired) electrons. The topological polar surface area (TPSA) is 69.3 Å². The first kappa shape index (κ1) is 15.2. The Bertz CT molecular complexity index is 580. The first-order valence-corrected chi connectivity index (χ1v) is 8.20. The SMILES string of the molecule is CN(CC(=O)N1CCC[C@@H]1c1ccnc(=O)[nH]1)C1CCCC1. The van der Waals surface area contributed by atoms with Crippen LogP contribution in [0.5, 0.6) is 0 Å². The Morgan fingerprint density at radius 2 is 2.14 bits per heavy atom. The monoisotopic (exact) mass is 304 g/mol. The van der Waals surface area contributed by atoms with E-state index in [1.807, 2.05) is 11.9 Å². The van der Waals surface area contributed by atoms with Crippen molar-refractivity contribution in [3.63, 3.8) is 0 Å². The number of hydrogen-bond acceptors (Lipinski definition) is 4. The summed E-state index contributed by atoms with van der Waals surface area (Å²) >= 11 is 0. The standard InChI is InChI=1S/C16H24N4O2/c1-19(12-5-2-3-6-12)11-15(21)20-10-4-7-14(20)13-8-9-17-16(22)18-13/h8-9,12,14H,2-7,10-11H2,1H3,(H,17,18,22)/t14-/m1/s1. The Morgan fingerprint density at radius 1 is 1.36 bits per heavy atom. The van der Waals surface area contributed by atoms with Crippen molar-refractivity contribution in [1.82, 2.24) is 19.8 Å². The number of nitrogens with zero attached hydrogens (tertiary/aromatic N) is 3. The fourth-order valence-electron chi connectivity index (χ4n) is 3.74. The first-order valence-electron chi connectivity index (χ1n) is 8.20. The van der Waals surface area contributed by atoms with Gasteiger partial charge in [0.1, 0.15) is 0 Å². The number of rotatable bonds is 4. The molecule has 0 bridgehead atoms. The van der Waals surface area contributed by atoms with Crippen LogP contribution in [0.4, 0.5) is 0 Å². The third kappa shape index (κ3) is 3.21. The zero-order valence-corrected chi connectivity index (χ0v) is 13.1. The van der Waals surface area contributed by atoms with Crippen molar-refractivity contribution >= 4 is 5.91 Å². The first-order chi connectivity index (χ1) is 10.6. The molecule has 1 aliphatic carbocycles. The summed E-state index contributed by atoms with van der Waals surface area (Å²) in [5.41, 5.74) is 0.453. The van der Waals surface area contributed by atoms with Crippen LogP contribution in [0.3, 0.4) is 0 Å². The molecule has 0 unspecified atom stereocenters. The van der Waals surface area contributed by atoms with Gasteiger partial charge in [0.05, 0.1) is 12.6 Å². The maximum atomic E-state index is 12.7. The van der Waals surface area contributed by atoms with Crippen molar-refractivity contribution in [2.45, 2.75) is 50.6 Å². The number of amides is 1. The van der Waals surface area contributed by atoms with Crippen LogP contribution in [0.1, 0.15) is 50.3 Å². The fourth-order valence-corrected chi connectivity index (χ4v) is 3.74. The number of aromatic amines is 1. The van der Waals surface area contributed by atoms with E-state index < -0.39 is 0 Å². The minimum atomic E-state index is -0.347. The van der Waals surface area contributed by atoms with Crippen molar-refractivity contribution in [3.8, 4) is 0 Å². The Hall–Kier alpha value is -1.69. The van der Waals surface area contributed by atoms with E-state index >= 15 is 0 Å². The highest BCUT2D eigenvalue weighted by molar-refractivity contribution is 5.79. The van der Waals surface area contributed by atoms with Crippen molar-refractivity contribution < 1.29 is 4.79 Å². The van der Waals surface area contributed by atoms with E-state index in [-0.39, 0.29) is 17.6 Å². The van der Waals surface area contributed by atoms with Crippen LogP contribution in [0.25, 0.3) is 0 Å². The van der Waals surface area contributed by atoms with Gasteiger partial charge in [-0.15, -0.1) is 0 Å². The summed E-state index contributed by atoms with van der Waals surface area (Å²) in [5, 5.41) is 0. The predicted octanol–water partition coefficient (Wildman–Crippen LogP) is 1.31. The molecule has 1 saturated carbocycles. The number of carbonyl (C=O) groups is 1. The van der Waals surface area contributed by atoms with Crippen molar-refractivity contribution in [1.29, 1.82) is 0 Å². The third-order valence-corrected chi connectivity index (χ3v) is 4.96. The molecule has 6 nitrogen and oxygen atoms in total. The summed E-state index contributed by atoms with van der Waals surface area (Å²) in [6.45, 7) is 1.24. The third-order valence-electron chi connectivity index (χ3n) is 4.96. The smallest absolute Gasteiger partial charge is 0.333 e. The molecule has 1 atom stereocenters. The summed E-state index contributed by atoms with van der Waals surface area (Å²) in [5.74, 6) is 0.162. The molecular weight excluding hydrogens is 280 g/mol. The van der Waals surface area contributed by atoms with E-state index in [2.05, 4.69) is 14.9 Å². The Kier molecular flexibility index (Phi) is 4.57. The molecule has 0 aromatic carbocycles. The second kappa shape index (κ2) is 6.60. The van der Waals surface area contributed by atoms with Crippen LogP contribution < -0.4 is 5.69 Å². The van der Waals surface area contributed by atoms with Gasteiger partial charge in [0.15, 0.2) is 0 Å². The van der Waals surface area contributed by atoms with Gasteiger partial charge < -0.3 is 9.88 Å². The highest BCUT2D eigenvalue weighted by atomic mass is 16.2. The fraction of sp³-hybridized carbons (Fsp3) is 0.688. The number of carbonyl (C=O) groups excluding carboxylic acids is 1. The van der Waals surface area contributed by atoms with Gasteiger partial charge in [0.25, 0.3) is 0 Å². The molecule has 1 aromatic heterocycles. The molecule has 2 heterocycles. The van der Waals surface area contributed by atoms with Gasteiger partial charge in [-0.3, -0.25) is 9.69 Å². The molecule has 6 heteroatoms. The predicted molar refractivity (Wildman–Crippen MR) is 83.4 cm³/mol. The van der Waals surface area contributed by atoms with E-state index in [0.717, 1.165) is 25.1 Å². The number of likely N-dealkylation sites (N-methyl/N-ethyl adjacent to an activating group) is 1. The average Bonchev–Trinajstić information content (AvgIpc) is 3.18. The van der Waals surface area contributed by atoms with Crippen molar-refractivity contribution in [3.05, 3.63) is 28.4 Å². The minimum absolute atomic E-state index is 0.0137. The van der Waals surface area contributed by atoms with Crippen LogP contribution >= 0.6 is 0 Å². The van der Waals surface area contributed by atoms with Gasteiger partial charge >= 0.3 is 5.69 Å². The molecule has 3 rings (SSSR count). The lowest BCUT2D eigenvalue weighted by Gasteiger charge is -2.29. The van der Waals surface area contributed by atoms with Crippen LogP contribution in [0.15, 0.2) is 17.1 Å². The molecule has 1 saturated heterocycles. The second-order valence-electron chi connectivity index (χ2n) is 6.43. The summed E-state index contributed by atoms with van der Waals surface area (Å²) in [4.78, 5) is 34.6. The summed E-state index contributed by atoms with van der Waals surface area (Å²) < 4.78 is 0. The highest BCUT2D eigenvalue weighted by Gasteiger charge is 2.32. The van der Waals surface area contributed by atoms with Crippen molar-refractivity contribution in [2.75, 3.05) is 20.1 Å². The summed E-state index contributed by atoms with van der Waals surface area (Å²) in [6, 6.07) is 2.34. The number of likely N-dealkylation sites (tertiary alicyclic amines) is 1. The lowest BCUT2D eigenvalue weighted by Crippen LogP contribution is -2.42. The molecule has 22 heavy (non-hydrogen) atoms. The molecule has 1 N–H and O–H groups in total. The van der Waals surface area contributed by atoms with E-state index in [0.29, 0.717) is 12.6 Å². The minimum Gasteiger partial charge on any atom is -0.333 e. The number of aromatic nitrogens is 2. The summed E-state index contributed by atoms with van der Waals surface area (Å²) in [6.07, 6.45) is 8.34. The lowest BCUT2D eigenvalue weighted by molar-refractivity contribution is -0.133. The maximum absolute atomic E-state index is 12.7. The molecular formula is C16H24N4O2. The largest absolute Gasteiger partial charge is 0.345 e. The Balaban J connectivity index is 1.67. The number of hydrogen-bond donors (Lipinski definition) is 1. The van der Waals surface area contributed by atoms with Gasteiger partial charge in [0.2, 0.25) is 5.91 Å². The van der Waals surface area contributed by atoms with E-state index in [1.165, 1.54) is 31.9 Å². The van der Waals surface area contributed by atoms with Gasteiger partial charge in [-0.2, -0.15) is 0 Å². The van der Waals surface area contributed by atoms with Crippen LogP contribution in [-0.2, 0) is 4.79 Å². The zero-order chi connectivity index (χ0) is 15.5. The molecule has 2 fully saturated rings. The molecule has 2 aliphatic rings. The van der Waals surface area contributed by atoms with Gasteiger partial charge in [-0.05, 0) is 38.8 Å². The quantitative estimate of drug-likeness (QED) is 0.910. The van der Waals surface area contributed by atoms with Gasteiger partial charge in [-0.1, -0.05) is 12.8 Å². The van der Waals surface area contributed by atoms with E-state index in [1.54, 1.807) is 6.07 Å². The Morgan fingerprint density at radius 3 is 2.86 bits per heavy atom. The summed E-state index contributed by atoms with van der Waals surface area (Å²) in [7, 11) is 2.05. The lowest BCUT2D eigenvalue weighted by atomic mass is 10.1. The molecule has 1 aliphatic heterocycles.